The van der Waals surface area contributed by atoms with Crippen LogP contribution in [0.4, 0.5) is 5.13 Å². The molecule has 0 aromatic carbocycles. The minimum atomic E-state index is -0.167. The molecular weight excluding hydrogens is 388 g/mol. The van der Waals surface area contributed by atoms with Gasteiger partial charge in [-0.3, -0.25) is 9.59 Å². The topological polar surface area (TPSA) is 91.6 Å². The van der Waals surface area contributed by atoms with E-state index >= 15 is 0 Å². The molecule has 0 atom stereocenters. The summed E-state index contributed by atoms with van der Waals surface area (Å²) in [5.41, 5.74) is 0.499. The molecule has 0 bridgehead atoms. The highest BCUT2D eigenvalue weighted by Crippen LogP contribution is 2.19. The average molecular weight is 421 g/mol. The van der Waals surface area contributed by atoms with Crippen LogP contribution in [0, 0.1) is 5.92 Å². The first-order valence-electron chi connectivity index (χ1n) is 10.4. The van der Waals surface area contributed by atoms with E-state index in [9.17, 15) is 9.59 Å². The van der Waals surface area contributed by atoms with Gasteiger partial charge in [-0.05, 0) is 66.1 Å². The van der Waals surface area contributed by atoms with Crippen molar-refractivity contribution in [3.05, 3.63) is 22.1 Å². The van der Waals surface area contributed by atoms with Gasteiger partial charge in [0.25, 0.3) is 5.56 Å². The van der Waals surface area contributed by atoms with Crippen molar-refractivity contribution in [2.75, 3.05) is 31.5 Å². The van der Waals surface area contributed by atoms with Crippen molar-refractivity contribution in [1.82, 2.24) is 24.8 Å². The normalized spacial score (nSPS) is 16.3. The number of likely N-dealkylation sites (tertiary alicyclic amines) is 1. The van der Waals surface area contributed by atoms with Gasteiger partial charge in [-0.25, -0.2) is 4.98 Å². The molecule has 0 saturated carbocycles. The number of piperidine rings is 1. The van der Waals surface area contributed by atoms with Gasteiger partial charge in [0.05, 0.1) is 0 Å². The first kappa shape index (κ1) is 21.7. The van der Waals surface area contributed by atoms with Crippen LogP contribution < -0.4 is 16.2 Å². The average Bonchev–Trinajstić information content (AvgIpc) is 3.08. The SMILES string of the molecule is CCc1cc(=O)n2nc(NCCCN3CCC(C(=O)NC(C)(C)C)CC3)sc2n1. The molecule has 1 amide bonds. The number of hydrogen-bond donors (Lipinski definition) is 2. The molecule has 1 fully saturated rings. The maximum absolute atomic E-state index is 12.3. The number of hydrogen-bond acceptors (Lipinski definition) is 7. The lowest BCUT2D eigenvalue weighted by Crippen LogP contribution is -2.47. The summed E-state index contributed by atoms with van der Waals surface area (Å²) in [5, 5.41) is 11.4. The monoisotopic (exact) mass is 420 g/mol. The Morgan fingerprint density at radius 1 is 1.31 bits per heavy atom. The van der Waals surface area contributed by atoms with Crippen LogP contribution in [0.5, 0.6) is 0 Å². The maximum atomic E-state index is 12.3. The first-order chi connectivity index (χ1) is 13.7. The molecule has 8 nitrogen and oxygen atoms in total. The van der Waals surface area contributed by atoms with Crippen molar-refractivity contribution < 1.29 is 4.79 Å². The Labute approximate surface area is 175 Å². The van der Waals surface area contributed by atoms with Crippen LogP contribution in [0.2, 0.25) is 0 Å². The molecule has 1 saturated heterocycles. The molecular formula is C20H32N6O2S. The fraction of sp³-hybridized carbons (Fsp3) is 0.700. The lowest BCUT2D eigenvalue weighted by Gasteiger charge is -2.33. The lowest BCUT2D eigenvalue weighted by molar-refractivity contribution is -0.127. The number of amides is 1. The van der Waals surface area contributed by atoms with Crippen molar-refractivity contribution in [2.45, 2.75) is 58.9 Å². The van der Waals surface area contributed by atoms with Gasteiger partial charge in [-0.2, -0.15) is 4.52 Å². The van der Waals surface area contributed by atoms with Crippen molar-refractivity contribution >= 4 is 27.3 Å². The largest absolute Gasteiger partial charge is 0.360 e. The van der Waals surface area contributed by atoms with Crippen LogP contribution in [-0.2, 0) is 11.2 Å². The molecule has 1 aliphatic rings. The van der Waals surface area contributed by atoms with E-state index in [1.807, 2.05) is 27.7 Å². The number of nitrogens with zero attached hydrogens (tertiary/aromatic N) is 4. The second kappa shape index (κ2) is 9.21. The smallest absolute Gasteiger partial charge is 0.275 e. The number of rotatable bonds is 7. The number of aryl methyl sites for hydroxylation is 1. The highest BCUT2D eigenvalue weighted by molar-refractivity contribution is 7.20. The molecule has 2 aromatic rings. The summed E-state index contributed by atoms with van der Waals surface area (Å²) in [7, 11) is 0. The summed E-state index contributed by atoms with van der Waals surface area (Å²) in [6.45, 7) is 11.8. The molecule has 2 N–H and O–H groups in total. The summed E-state index contributed by atoms with van der Waals surface area (Å²) in [6.07, 6.45) is 3.56. The Morgan fingerprint density at radius 2 is 2.03 bits per heavy atom. The van der Waals surface area contributed by atoms with E-state index in [0.717, 1.165) is 62.7 Å². The third-order valence-electron chi connectivity index (χ3n) is 5.04. The number of carbonyl (C=O) groups excluding carboxylic acids is 1. The Bertz CT molecular complexity index is 892. The van der Waals surface area contributed by atoms with Gasteiger partial charge in [0.2, 0.25) is 16.0 Å². The summed E-state index contributed by atoms with van der Waals surface area (Å²) < 4.78 is 1.36. The molecule has 0 radical (unpaired) electrons. The molecule has 3 rings (SSSR count). The third-order valence-corrected chi connectivity index (χ3v) is 5.91. The molecule has 29 heavy (non-hydrogen) atoms. The molecule has 9 heteroatoms. The van der Waals surface area contributed by atoms with Gasteiger partial charge in [0.1, 0.15) is 0 Å². The Hall–Kier alpha value is -2.00. The van der Waals surface area contributed by atoms with E-state index in [-0.39, 0.29) is 22.9 Å². The standard InChI is InChI=1S/C20H32N6O2S/c1-5-15-13-16(27)26-19(22-15)29-18(24-26)21-9-6-10-25-11-7-14(8-12-25)17(28)23-20(2,3)4/h13-14H,5-12H2,1-4H3,(H,21,24)(H,23,28). The fourth-order valence-corrected chi connectivity index (χ4v) is 4.35. The van der Waals surface area contributed by atoms with E-state index < -0.39 is 0 Å². The van der Waals surface area contributed by atoms with Gasteiger partial charge < -0.3 is 15.5 Å². The Kier molecular flexibility index (Phi) is 6.89. The second-order valence-corrected chi connectivity index (χ2v) is 9.63. The molecule has 160 valence electrons. The summed E-state index contributed by atoms with van der Waals surface area (Å²) in [6, 6.07) is 1.54. The van der Waals surface area contributed by atoms with E-state index in [2.05, 4.69) is 25.6 Å². The number of carbonyl (C=O) groups is 1. The van der Waals surface area contributed by atoms with Gasteiger partial charge in [-0.1, -0.05) is 18.3 Å². The van der Waals surface area contributed by atoms with Gasteiger partial charge in [0, 0.05) is 29.8 Å². The van der Waals surface area contributed by atoms with Gasteiger partial charge in [0.15, 0.2) is 0 Å². The Balaban J connectivity index is 1.40. The zero-order valence-electron chi connectivity index (χ0n) is 17.8. The van der Waals surface area contributed by atoms with E-state index in [0.29, 0.717) is 4.96 Å². The predicted octanol–water partition coefficient (Wildman–Crippen LogP) is 2.14. The highest BCUT2D eigenvalue weighted by Gasteiger charge is 2.26. The zero-order valence-corrected chi connectivity index (χ0v) is 18.6. The highest BCUT2D eigenvalue weighted by atomic mass is 32.1. The van der Waals surface area contributed by atoms with Crippen LogP contribution in [0.15, 0.2) is 10.9 Å². The van der Waals surface area contributed by atoms with E-state index in [1.165, 1.54) is 15.9 Å². The van der Waals surface area contributed by atoms with Crippen LogP contribution in [0.1, 0.15) is 52.7 Å². The zero-order chi connectivity index (χ0) is 21.0. The molecule has 3 heterocycles. The van der Waals surface area contributed by atoms with Crippen LogP contribution in [-0.4, -0.2) is 57.1 Å². The molecule has 0 spiro atoms. The van der Waals surface area contributed by atoms with Crippen molar-refractivity contribution in [3.63, 3.8) is 0 Å². The number of anilines is 1. The number of aromatic nitrogens is 3. The summed E-state index contributed by atoms with van der Waals surface area (Å²) >= 11 is 1.41. The molecule has 2 aromatic heterocycles. The van der Waals surface area contributed by atoms with E-state index in [1.54, 1.807) is 6.07 Å². The minimum Gasteiger partial charge on any atom is -0.360 e. The number of fused-ring (bicyclic) bond motifs is 1. The quantitative estimate of drug-likeness (QED) is 0.667. The molecule has 0 unspecified atom stereocenters. The molecule has 0 aliphatic carbocycles. The Morgan fingerprint density at radius 3 is 2.69 bits per heavy atom. The number of nitrogens with one attached hydrogen (secondary N) is 2. The predicted molar refractivity (Wildman–Crippen MR) is 117 cm³/mol. The maximum Gasteiger partial charge on any atom is 0.275 e. The van der Waals surface area contributed by atoms with Crippen molar-refractivity contribution in [3.8, 4) is 0 Å². The van der Waals surface area contributed by atoms with Crippen LogP contribution in [0.25, 0.3) is 4.96 Å². The third kappa shape index (κ3) is 5.99. The van der Waals surface area contributed by atoms with Crippen LogP contribution >= 0.6 is 11.3 Å². The van der Waals surface area contributed by atoms with E-state index in [4.69, 9.17) is 0 Å². The second-order valence-electron chi connectivity index (χ2n) is 8.68. The van der Waals surface area contributed by atoms with Crippen molar-refractivity contribution in [1.29, 1.82) is 0 Å². The fourth-order valence-electron chi connectivity index (χ4n) is 3.50. The first-order valence-corrected chi connectivity index (χ1v) is 11.2. The summed E-state index contributed by atoms with van der Waals surface area (Å²) in [4.78, 5) is 31.9. The molecule has 1 aliphatic heterocycles. The van der Waals surface area contributed by atoms with Crippen LogP contribution in [0.3, 0.4) is 0 Å². The lowest BCUT2D eigenvalue weighted by atomic mass is 9.94. The summed E-state index contributed by atoms with van der Waals surface area (Å²) in [5.74, 6) is 0.315. The minimum absolute atomic E-state index is 0.130. The van der Waals surface area contributed by atoms with Gasteiger partial charge in [-0.15, -0.1) is 5.10 Å². The van der Waals surface area contributed by atoms with Gasteiger partial charge >= 0.3 is 0 Å². The van der Waals surface area contributed by atoms with Crippen molar-refractivity contribution in [2.24, 2.45) is 5.92 Å².